The molecule has 0 fully saturated rings. The highest BCUT2D eigenvalue weighted by molar-refractivity contribution is 9.10. The normalized spacial score (nSPS) is 10.4. The fraction of sp³-hybridized carbons (Fsp3) is 0.222. The number of hydrogen-bond acceptors (Lipinski definition) is 2. The highest BCUT2D eigenvalue weighted by Crippen LogP contribution is 2.26. The van der Waals surface area contributed by atoms with Gasteiger partial charge in [0.15, 0.2) is 0 Å². The molecule has 7 heteroatoms. The lowest BCUT2D eigenvalue weighted by atomic mass is 10.2. The van der Waals surface area contributed by atoms with Crippen molar-refractivity contribution in [3.05, 3.63) is 68.1 Å². The van der Waals surface area contributed by atoms with Crippen molar-refractivity contribution < 1.29 is 9.59 Å². The first-order chi connectivity index (χ1) is 11.9. The van der Waals surface area contributed by atoms with Crippen LogP contribution in [0.3, 0.4) is 0 Å². The van der Waals surface area contributed by atoms with Crippen LogP contribution in [0.25, 0.3) is 0 Å². The Labute approximate surface area is 165 Å². The first kappa shape index (κ1) is 19.8. The molecule has 0 spiro atoms. The number of nitrogens with zero attached hydrogens (tertiary/aromatic N) is 1. The summed E-state index contributed by atoms with van der Waals surface area (Å²) < 4.78 is 0.903. The molecule has 0 unspecified atom stereocenters. The van der Waals surface area contributed by atoms with E-state index in [0.29, 0.717) is 22.2 Å². The monoisotopic (exact) mass is 442 g/mol. The van der Waals surface area contributed by atoms with Gasteiger partial charge < -0.3 is 10.2 Å². The summed E-state index contributed by atoms with van der Waals surface area (Å²) in [6, 6.07) is 12.3. The number of benzene rings is 2. The lowest BCUT2D eigenvalue weighted by Crippen LogP contribution is -2.31. The first-order valence-electron chi connectivity index (χ1n) is 7.59. The number of rotatable bonds is 6. The molecule has 0 saturated carbocycles. The van der Waals surface area contributed by atoms with Crippen molar-refractivity contribution in [2.45, 2.75) is 13.0 Å². The molecule has 132 valence electrons. The van der Waals surface area contributed by atoms with Gasteiger partial charge in [-0.3, -0.25) is 9.59 Å². The van der Waals surface area contributed by atoms with Crippen LogP contribution in [-0.4, -0.2) is 30.3 Å². The van der Waals surface area contributed by atoms with E-state index in [-0.39, 0.29) is 24.8 Å². The second kappa shape index (κ2) is 9.22. The number of carbonyl (C=O) groups is 2. The summed E-state index contributed by atoms with van der Waals surface area (Å²) in [7, 11) is 1.69. The van der Waals surface area contributed by atoms with Crippen LogP contribution in [0.15, 0.2) is 46.9 Å². The maximum absolute atomic E-state index is 12.2. The zero-order valence-corrected chi connectivity index (χ0v) is 16.7. The fourth-order valence-corrected chi connectivity index (χ4v) is 2.84. The van der Waals surface area contributed by atoms with Crippen LogP contribution >= 0.6 is 39.1 Å². The van der Waals surface area contributed by atoms with E-state index in [1.54, 1.807) is 48.3 Å². The predicted octanol–water partition coefficient (Wildman–Crippen LogP) is 4.53. The molecule has 0 aliphatic heterocycles. The van der Waals surface area contributed by atoms with Crippen molar-refractivity contribution in [3.8, 4) is 0 Å². The van der Waals surface area contributed by atoms with Crippen LogP contribution in [0, 0.1) is 0 Å². The molecule has 0 saturated heterocycles. The number of carbonyl (C=O) groups excluding carboxylic acids is 2. The number of amides is 2. The minimum atomic E-state index is -0.208. The Morgan fingerprint density at radius 2 is 1.80 bits per heavy atom. The van der Waals surface area contributed by atoms with Crippen molar-refractivity contribution in [2.75, 3.05) is 13.6 Å². The molecule has 4 nitrogen and oxygen atoms in total. The highest BCUT2D eigenvalue weighted by Gasteiger charge is 2.13. The Hall–Kier alpha value is -1.56. The largest absolute Gasteiger partial charge is 0.352 e. The number of halogens is 3. The Morgan fingerprint density at radius 3 is 2.48 bits per heavy atom. The van der Waals surface area contributed by atoms with Crippen LogP contribution in [0.4, 0.5) is 0 Å². The Kier molecular flexibility index (Phi) is 7.29. The van der Waals surface area contributed by atoms with Crippen molar-refractivity contribution >= 4 is 50.9 Å². The summed E-state index contributed by atoms with van der Waals surface area (Å²) in [6.45, 7) is 0.625. The Morgan fingerprint density at radius 1 is 1.12 bits per heavy atom. The average Bonchev–Trinajstić information content (AvgIpc) is 2.59. The molecule has 0 aliphatic rings. The molecule has 0 atom stereocenters. The molecular formula is C18H17BrCl2N2O2. The van der Waals surface area contributed by atoms with Crippen molar-refractivity contribution in [1.82, 2.24) is 10.2 Å². The van der Waals surface area contributed by atoms with Crippen LogP contribution in [0.5, 0.6) is 0 Å². The third kappa shape index (κ3) is 5.73. The molecule has 0 aromatic heterocycles. The van der Waals surface area contributed by atoms with Crippen molar-refractivity contribution in [3.63, 3.8) is 0 Å². The van der Waals surface area contributed by atoms with Gasteiger partial charge in [-0.2, -0.15) is 0 Å². The van der Waals surface area contributed by atoms with Gasteiger partial charge in [0.05, 0.1) is 10.0 Å². The number of nitrogens with one attached hydrogen (secondary N) is 1. The summed E-state index contributed by atoms with van der Waals surface area (Å²) in [4.78, 5) is 25.8. The molecule has 0 bridgehead atoms. The molecule has 25 heavy (non-hydrogen) atoms. The van der Waals surface area contributed by atoms with Crippen LogP contribution in [0.2, 0.25) is 10.0 Å². The molecule has 1 N–H and O–H groups in total. The second-order valence-electron chi connectivity index (χ2n) is 5.48. The zero-order chi connectivity index (χ0) is 18.4. The summed E-state index contributed by atoms with van der Waals surface area (Å²) in [5.74, 6) is -0.298. The van der Waals surface area contributed by atoms with E-state index in [2.05, 4.69) is 21.2 Å². The molecule has 2 aromatic rings. The van der Waals surface area contributed by atoms with Gasteiger partial charge in [-0.15, -0.1) is 0 Å². The maximum Gasteiger partial charge on any atom is 0.251 e. The Bertz CT molecular complexity index is 766. The SMILES string of the molecule is CN(Cc1cccc(Cl)c1Cl)C(=O)CCNC(=O)c1ccc(Br)cc1. The van der Waals surface area contributed by atoms with E-state index in [9.17, 15) is 9.59 Å². The van der Waals surface area contributed by atoms with Gasteiger partial charge in [0, 0.05) is 36.6 Å². The standard InChI is InChI=1S/C18H17BrCl2N2O2/c1-23(11-13-3-2-4-15(20)17(13)21)16(24)9-10-22-18(25)12-5-7-14(19)8-6-12/h2-8H,9-11H2,1H3,(H,22,25). The Balaban J connectivity index is 1.82. The predicted molar refractivity (Wildman–Crippen MR) is 104 cm³/mol. The molecular weight excluding hydrogens is 427 g/mol. The number of hydrogen-bond donors (Lipinski definition) is 1. The molecule has 2 rings (SSSR count). The first-order valence-corrected chi connectivity index (χ1v) is 9.14. The minimum absolute atomic E-state index is 0.0906. The maximum atomic E-state index is 12.2. The van der Waals surface area contributed by atoms with Crippen molar-refractivity contribution in [1.29, 1.82) is 0 Å². The van der Waals surface area contributed by atoms with Crippen LogP contribution < -0.4 is 5.32 Å². The van der Waals surface area contributed by atoms with E-state index in [4.69, 9.17) is 23.2 Å². The van der Waals surface area contributed by atoms with Gasteiger partial charge in [0.2, 0.25) is 5.91 Å². The van der Waals surface area contributed by atoms with Gasteiger partial charge in [-0.05, 0) is 35.9 Å². The molecule has 0 aliphatic carbocycles. The third-order valence-electron chi connectivity index (χ3n) is 3.60. The summed E-state index contributed by atoms with van der Waals surface area (Å²) in [6.07, 6.45) is 0.205. The van der Waals surface area contributed by atoms with E-state index >= 15 is 0 Å². The summed E-state index contributed by atoms with van der Waals surface area (Å²) in [5, 5.41) is 3.65. The average molecular weight is 444 g/mol. The van der Waals surface area contributed by atoms with E-state index in [1.807, 2.05) is 6.07 Å². The highest BCUT2D eigenvalue weighted by atomic mass is 79.9. The van der Waals surface area contributed by atoms with Crippen LogP contribution in [-0.2, 0) is 11.3 Å². The van der Waals surface area contributed by atoms with Gasteiger partial charge in [-0.25, -0.2) is 0 Å². The second-order valence-corrected chi connectivity index (χ2v) is 7.18. The molecule has 2 amide bonds. The summed E-state index contributed by atoms with van der Waals surface area (Å²) in [5.41, 5.74) is 1.33. The van der Waals surface area contributed by atoms with Crippen LogP contribution in [0.1, 0.15) is 22.3 Å². The van der Waals surface area contributed by atoms with E-state index in [0.717, 1.165) is 10.0 Å². The molecule has 0 radical (unpaired) electrons. The lowest BCUT2D eigenvalue weighted by Gasteiger charge is -2.18. The van der Waals surface area contributed by atoms with Gasteiger partial charge in [0.25, 0.3) is 5.91 Å². The van der Waals surface area contributed by atoms with E-state index in [1.165, 1.54) is 0 Å². The van der Waals surface area contributed by atoms with Gasteiger partial charge >= 0.3 is 0 Å². The zero-order valence-electron chi connectivity index (χ0n) is 13.6. The smallest absolute Gasteiger partial charge is 0.251 e. The van der Waals surface area contributed by atoms with E-state index < -0.39 is 0 Å². The van der Waals surface area contributed by atoms with Gasteiger partial charge in [0.1, 0.15) is 0 Å². The quantitative estimate of drug-likeness (QED) is 0.712. The molecule has 2 aromatic carbocycles. The summed E-state index contributed by atoms with van der Waals surface area (Å²) >= 11 is 15.4. The van der Waals surface area contributed by atoms with Gasteiger partial charge in [-0.1, -0.05) is 51.3 Å². The third-order valence-corrected chi connectivity index (χ3v) is 4.98. The topological polar surface area (TPSA) is 49.4 Å². The fourth-order valence-electron chi connectivity index (χ4n) is 2.19. The van der Waals surface area contributed by atoms with Crippen molar-refractivity contribution in [2.24, 2.45) is 0 Å². The minimum Gasteiger partial charge on any atom is -0.352 e. The lowest BCUT2D eigenvalue weighted by molar-refractivity contribution is -0.130. The molecule has 0 heterocycles.